The third-order valence-corrected chi connectivity index (χ3v) is 2.19. The van der Waals surface area contributed by atoms with Crippen LogP contribution in [0.25, 0.3) is 0 Å². The first-order valence-corrected chi connectivity index (χ1v) is 6.48. The lowest BCUT2D eigenvalue weighted by atomic mass is 10.4. The van der Waals surface area contributed by atoms with Gasteiger partial charge in [-0.3, -0.25) is 10.2 Å². The van der Waals surface area contributed by atoms with Gasteiger partial charge in [-0.05, 0) is 6.42 Å². The lowest BCUT2D eigenvalue weighted by Crippen LogP contribution is -2.30. The Morgan fingerprint density at radius 2 is 1.94 bits per heavy atom. The number of carbonyl (C=O) groups is 1. The predicted octanol–water partition coefficient (Wildman–Crippen LogP) is 3.06. The number of alkyl halides is 3. The van der Waals surface area contributed by atoms with Crippen molar-refractivity contribution in [2.24, 2.45) is 0 Å². The van der Waals surface area contributed by atoms with E-state index in [9.17, 15) is 4.79 Å². The van der Waals surface area contributed by atoms with Crippen LogP contribution in [-0.4, -0.2) is 35.2 Å². The third kappa shape index (κ3) is 8.80. The van der Waals surface area contributed by atoms with Crippen molar-refractivity contribution in [3.8, 4) is 0 Å². The molecule has 1 atom stereocenters. The number of rotatable bonds is 7. The van der Waals surface area contributed by atoms with Crippen LogP contribution in [0.15, 0.2) is 0 Å². The van der Waals surface area contributed by atoms with Gasteiger partial charge in [0, 0.05) is 13.3 Å². The van der Waals surface area contributed by atoms with Crippen LogP contribution in [0, 0.1) is 5.41 Å². The highest BCUT2D eigenvalue weighted by Gasteiger charge is 2.31. The molecule has 0 aromatic heterocycles. The molecule has 0 aliphatic rings. The molecular weight excluding hydrogens is 304 g/mol. The standard InChI is InChI=1S/C10H16Cl3NO4/c1-3-5-17-8(4-6-16-7(2)15)18-9(14)10(11,12)13/h8,14H,3-6H2,1-2H3/t8-/m0/s1. The van der Waals surface area contributed by atoms with E-state index in [1.165, 1.54) is 6.92 Å². The first-order chi connectivity index (χ1) is 8.27. The fourth-order valence-corrected chi connectivity index (χ4v) is 1.06. The second-order valence-electron chi connectivity index (χ2n) is 3.37. The largest absolute Gasteiger partial charge is 0.466 e. The van der Waals surface area contributed by atoms with Crippen molar-refractivity contribution in [2.45, 2.75) is 36.8 Å². The zero-order chi connectivity index (χ0) is 14.2. The maximum absolute atomic E-state index is 10.6. The molecule has 0 aliphatic carbocycles. The fraction of sp³-hybridized carbons (Fsp3) is 0.800. The number of nitrogens with one attached hydrogen (secondary N) is 1. The van der Waals surface area contributed by atoms with Crippen molar-refractivity contribution in [1.82, 2.24) is 0 Å². The molecule has 0 rings (SSSR count). The van der Waals surface area contributed by atoms with Crippen LogP contribution in [0.3, 0.4) is 0 Å². The summed E-state index contributed by atoms with van der Waals surface area (Å²) in [4.78, 5) is 10.6. The highest BCUT2D eigenvalue weighted by Crippen LogP contribution is 2.28. The summed E-state index contributed by atoms with van der Waals surface area (Å²) in [5.41, 5.74) is 0. The highest BCUT2D eigenvalue weighted by molar-refractivity contribution is 6.76. The van der Waals surface area contributed by atoms with Crippen LogP contribution in [-0.2, 0) is 19.0 Å². The SMILES string of the molecule is CCCO[C@H](CCOC(C)=O)OC(=N)C(Cl)(Cl)Cl. The zero-order valence-electron chi connectivity index (χ0n) is 10.2. The van der Waals surface area contributed by atoms with Crippen molar-refractivity contribution in [3.63, 3.8) is 0 Å². The van der Waals surface area contributed by atoms with Crippen molar-refractivity contribution >= 4 is 46.7 Å². The lowest BCUT2D eigenvalue weighted by Gasteiger charge is -2.22. The minimum atomic E-state index is -1.94. The number of hydrogen-bond donors (Lipinski definition) is 1. The molecule has 0 fully saturated rings. The summed E-state index contributed by atoms with van der Waals surface area (Å²) in [6, 6.07) is 0. The molecule has 0 bridgehead atoms. The van der Waals surface area contributed by atoms with E-state index in [2.05, 4.69) is 0 Å². The molecule has 0 aliphatic heterocycles. The number of carbonyl (C=O) groups excluding carboxylic acids is 1. The van der Waals surface area contributed by atoms with E-state index in [1.54, 1.807) is 0 Å². The van der Waals surface area contributed by atoms with E-state index < -0.39 is 21.9 Å². The topological polar surface area (TPSA) is 68.6 Å². The molecule has 0 amide bonds. The maximum atomic E-state index is 10.6. The van der Waals surface area contributed by atoms with Gasteiger partial charge in [0.05, 0.1) is 13.2 Å². The van der Waals surface area contributed by atoms with Gasteiger partial charge in [-0.1, -0.05) is 41.7 Å². The van der Waals surface area contributed by atoms with Gasteiger partial charge in [0.15, 0.2) is 0 Å². The van der Waals surface area contributed by atoms with E-state index in [4.69, 9.17) is 54.4 Å². The van der Waals surface area contributed by atoms with E-state index in [1.807, 2.05) is 6.92 Å². The smallest absolute Gasteiger partial charge is 0.302 e. The number of hydrogen-bond acceptors (Lipinski definition) is 5. The van der Waals surface area contributed by atoms with Crippen LogP contribution in [0.2, 0.25) is 0 Å². The van der Waals surface area contributed by atoms with Crippen molar-refractivity contribution in [2.75, 3.05) is 13.2 Å². The van der Waals surface area contributed by atoms with E-state index in [-0.39, 0.29) is 13.0 Å². The Kier molecular flexibility index (Phi) is 8.69. The van der Waals surface area contributed by atoms with Gasteiger partial charge < -0.3 is 14.2 Å². The minimum Gasteiger partial charge on any atom is -0.466 e. The van der Waals surface area contributed by atoms with Gasteiger partial charge in [-0.2, -0.15) is 0 Å². The summed E-state index contributed by atoms with van der Waals surface area (Å²) in [6.07, 6.45) is 0.240. The minimum absolute atomic E-state index is 0.108. The number of halogens is 3. The van der Waals surface area contributed by atoms with Crippen LogP contribution in [0.5, 0.6) is 0 Å². The molecule has 0 saturated heterocycles. The van der Waals surface area contributed by atoms with Gasteiger partial charge in [0.25, 0.3) is 3.79 Å². The number of ether oxygens (including phenoxy) is 3. The predicted molar refractivity (Wildman–Crippen MR) is 70.4 cm³/mol. The van der Waals surface area contributed by atoms with Crippen molar-refractivity contribution in [1.29, 1.82) is 5.41 Å². The summed E-state index contributed by atoms with van der Waals surface area (Å²) < 4.78 is 13.2. The summed E-state index contributed by atoms with van der Waals surface area (Å²) in [6.45, 7) is 3.75. The van der Waals surface area contributed by atoms with Gasteiger partial charge >= 0.3 is 5.97 Å². The quantitative estimate of drug-likeness (QED) is 0.257. The Hall–Kier alpha value is -0.230. The van der Waals surface area contributed by atoms with E-state index in [0.29, 0.717) is 6.61 Å². The van der Waals surface area contributed by atoms with Crippen LogP contribution >= 0.6 is 34.8 Å². The van der Waals surface area contributed by atoms with E-state index in [0.717, 1.165) is 6.42 Å². The molecule has 18 heavy (non-hydrogen) atoms. The average Bonchev–Trinajstić information content (AvgIpc) is 2.23. The Balaban J connectivity index is 4.21. The van der Waals surface area contributed by atoms with Crippen molar-refractivity contribution < 1.29 is 19.0 Å². The first kappa shape index (κ1) is 17.8. The Labute approximate surface area is 121 Å². The molecule has 0 radical (unpaired) electrons. The molecule has 0 aromatic carbocycles. The summed E-state index contributed by atoms with van der Waals surface area (Å²) in [7, 11) is 0. The first-order valence-electron chi connectivity index (χ1n) is 5.34. The van der Waals surface area contributed by atoms with Gasteiger partial charge in [0.2, 0.25) is 12.2 Å². The Morgan fingerprint density at radius 1 is 1.33 bits per heavy atom. The van der Waals surface area contributed by atoms with Crippen molar-refractivity contribution in [3.05, 3.63) is 0 Å². The van der Waals surface area contributed by atoms with Crippen LogP contribution in [0.1, 0.15) is 26.7 Å². The van der Waals surface area contributed by atoms with Crippen LogP contribution in [0.4, 0.5) is 0 Å². The van der Waals surface area contributed by atoms with E-state index >= 15 is 0 Å². The summed E-state index contributed by atoms with van der Waals surface area (Å²) >= 11 is 16.5. The third-order valence-electron chi connectivity index (χ3n) is 1.67. The second-order valence-corrected chi connectivity index (χ2v) is 5.66. The summed E-state index contributed by atoms with van der Waals surface area (Å²) in [5.74, 6) is -0.933. The van der Waals surface area contributed by atoms with Gasteiger partial charge in [-0.25, -0.2) is 0 Å². The fourth-order valence-electron chi connectivity index (χ4n) is 0.923. The molecule has 5 nitrogen and oxygen atoms in total. The molecule has 1 N–H and O–H groups in total. The Bertz CT molecular complexity index is 281. The highest BCUT2D eigenvalue weighted by atomic mass is 35.6. The second kappa shape index (κ2) is 8.80. The summed E-state index contributed by atoms with van der Waals surface area (Å²) in [5, 5.41) is 7.42. The molecule has 8 heteroatoms. The zero-order valence-corrected chi connectivity index (χ0v) is 12.4. The molecule has 0 heterocycles. The lowest BCUT2D eigenvalue weighted by molar-refractivity contribution is -0.145. The molecule has 0 aromatic rings. The van der Waals surface area contributed by atoms with Crippen LogP contribution < -0.4 is 0 Å². The maximum Gasteiger partial charge on any atom is 0.302 e. The average molecular weight is 321 g/mol. The molecule has 106 valence electrons. The number of esters is 1. The normalized spacial score (nSPS) is 12.9. The Morgan fingerprint density at radius 3 is 2.39 bits per heavy atom. The molecule has 0 saturated carbocycles. The van der Waals surface area contributed by atoms with Gasteiger partial charge in [0.1, 0.15) is 0 Å². The molecular formula is C10H16Cl3NO4. The van der Waals surface area contributed by atoms with Gasteiger partial charge in [-0.15, -0.1) is 0 Å². The monoisotopic (exact) mass is 319 g/mol. The molecule has 0 unspecified atom stereocenters. The molecule has 0 spiro atoms.